The Balaban J connectivity index is 1.99. The summed E-state index contributed by atoms with van der Waals surface area (Å²) < 4.78 is 18.8. The molecule has 3 rings (SSSR count). The van der Waals surface area contributed by atoms with Crippen LogP contribution in [0.25, 0.3) is 0 Å². The number of hydrogen-bond acceptors (Lipinski definition) is 2. The van der Waals surface area contributed by atoms with Gasteiger partial charge in [0, 0.05) is 12.0 Å². The lowest BCUT2D eigenvalue weighted by atomic mass is 9.66. The predicted octanol–water partition coefficient (Wildman–Crippen LogP) is 2.75. The smallest absolute Gasteiger partial charge is 0.141 e. The Labute approximate surface area is 111 Å². The Bertz CT molecular complexity index is 469. The molecule has 1 N–H and O–H groups in total. The molecular formula is C14H17ClFNO. The largest absolute Gasteiger partial charge is 0.379 e. The molecule has 1 heterocycles. The highest BCUT2D eigenvalue weighted by molar-refractivity contribution is 6.30. The van der Waals surface area contributed by atoms with Crippen LogP contribution in [0.3, 0.4) is 0 Å². The lowest BCUT2D eigenvalue weighted by Crippen LogP contribution is -2.56. The third kappa shape index (κ3) is 1.61. The Hall–Kier alpha value is -0.640. The summed E-state index contributed by atoms with van der Waals surface area (Å²) in [6.07, 6.45) is 2.40. The van der Waals surface area contributed by atoms with Crippen molar-refractivity contribution in [1.82, 2.24) is 5.32 Å². The topological polar surface area (TPSA) is 21.3 Å². The van der Waals surface area contributed by atoms with Crippen LogP contribution in [-0.4, -0.2) is 26.8 Å². The van der Waals surface area contributed by atoms with Crippen LogP contribution in [-0.2, 0) is 10.2 Å². The molecule has 2 fully saturated rings. The van der Waals surface area contributed by atoms with Gasteiger partial charge in [-0.1, -0.05) is 17.7 Å². The maximum absolute atomic E-state index is 13.3. The molecule has 0 unspecified atom stereocenters. The molecule has 0 aromatic heterocycles. The van der Waals surface area contributed by atoms with Crippen LogP contribution < -0.4 is 5.32 Å². The Morgan fingerprint density at radius 1 is 1.39 bits per heavy atom. The number of halogens is 2. The second-order valence-electron chi connectivity index (χ2n) is 5.51. The summed E-state index contributed by atoms with van der Waals surface area (Å²) in [6.45, 7) is 2.42. The van der Waals surface area contributed by atoms with E-state index >= 15 is 0 Å². The SMILES string of the molecule is CNCC1(C2(c3ccc(F)c(Cl)c3)COC2)CC1. The van der Waals surface area contributed by atoms with Crippen molar-refractivity contribution in [1.29, 1.82) is 0 Å². The van der Waals surface area contributed by atoms with Crippen molar-refractivity contribution in [2.45, 2.75) is 18.3 Å². The zero-order valence-corrected chi connectivity index (χ0v) is 11.2. The summed E-state index contributed by atoms with van der Waals surface area (Å²) in [5, 5.41) is 3.48. The van der Waals surface area contributed by atoms with Gasteiger partial charge in [0.15, 0.2) is 0 Å². The van der Waals surface area contributed by atoms with Gasteiger partial charge < -0.3 is 10.1 Å². The summed E-state index contributed by atoms with van der Waals surface area (Å²) in [5.74, 6) is -0.353. The highest BCUT2D eigenvalue weighted by atomic mass is 35.5. The number of benzene rings is 1. The molecule has 2 aliphatic rings. The lowest BCUT2D eigenvalue weighted by molar-refractivity contribution is -0.0986. The first-order valence-electron chi connectivity index (χ1n) is 6.31. The molecule has 1 aliphatic carbocycles. The summed E-state index contributed by atoms with van der Waals surface area (Å²) >= 11 is 5.92. The van der Waals surface area contributed by atoms with Crippen molar-refractivity contribution in [2.24, 2.45) is 5.41 Å². The minimum absolute atomic E-state index is 0.0212. The minimum Gasteiger partial charge on any atom is -0.379 e. The highest BCUT2D eigenvalue weighted by Crippen LogP contribution is 2.62. The normalized spacial score (nSPS) is 23.5. The van der Waals surface area contributed by atoms with E-state index < -0.39 is 0 Å². The maximum Gasteiger partial charge on any atom is 0.141 e. The summed E-state index contributed by atoms with van der Waals surface area (Å²) in [7, 11) is 1.98. The van der Waals surface area contributed by atoms with Gasteiger partial charge in [-0.2, -0.15) is 0 Å². The van der Waals surface area contributed by atoms with Crippen LogP contribution in [0.15, 0.2) is 18.2 Å². The van der Waals surface area contributed by atoms with E-state index in [9.17, 15) is 4.39 Å². The van der Waals surface area contributed by atoms with Crippen LogP contribution in [0.4, 0.5) is 4.39 Å². The molecule has 1 aromatic rings. The van der Waals surface area contributed by atoms with E-state index in [0.29, 0.717) is 0 Å². The predicted molar refractivity (Wildman–Crippen MR) is 69.5 cm³/mol. The quantitative estimate of drug-likeness (QED) is 0.908. The van der Waals surface area contributed by atoms with Gasteiger partial charge in [-0.05, 0) is 43.0 Å². The number of hydrogen-bond donors (Lipinski definition) is 1. The Morgan fingerprint density at radius 3 is 2.56 bits per heavy atom. The van der Waals surface area contributed by atoms with Crippen LogP contribution in [0.1, 0.15) is 18.4 Å². The standard InChI is InChI=1S/C14H17ClFNO/c1-17-7-13(4-5-13)14(8-18-9-14)10-2-3-12(16)11(15)6-10/h2-3,6,17H,4-5,7-9H2,1H3. The van der Waals surface area contributed by atoms with Gasteiger partial charge in [0.25, 0.3) is 0 Å². The van der Waals surface area contributed by atoms with Gasteiger partial charge in [-0.15, -0.1) is 0 Å². The van der Waals surface area contributed by atoms with E-state index in [1.807, 2.05) is 13.1 Å². The molecule has 1 saturated heterocycles. The van der Waals surface area contributed by atoms with Crippen LogP contribution in [0.2, 0.25) is 5.02 Å². The van der Waals surface area contributed by atoms with E-state index in [1.54, 1.807) is 6.07 Å². The van der Waals surface area contributed by atoms with E-state index in [1.165, 1.54) is 18.9 Å². The molecule has 1 aliphatic heterocycles. The summed E-state index contributed by atoms with van der Waals surface area (Å²) in [5.41, 5.74) is 1.40. The van der Waals surface area contributed by atoms with E-state index in [4.69, 9.17) is 16.3 Å². The number of rotatable bonds is 4. The Kier molecular flexibility index (Phi) is 2.88. The average Bonchev–Trinajstić information content (AvgIpc) is 3.03. The van der Waals surface area contributed by atoms with Crippen molar-refractivity contribution in [3.8, 4) is 0 Å². The summed E-state index contributed by atoms with van der Waals surface area (Å²) in [6, 6.07) is 5.10. The van der Waals surface area contributed by atoms with E-state index in [-0.39, 0.29) is 21.7 Å². The molecule has 0 radical (unpaired) electrons. The van der Waals surface area contributed by atoms with Crippen molar-refractivity contribution in [3.05, 3.63) is 34.6 Å². The van der Waals surface area contributed by atoms with Crippen molar-refractivity contribution < 1.29 is 9.13 Å². The molecule has 0 spiro atoms. The van der Waals surface area contributed by atoms with Crippen molar-refractivity contribution in [2.75, 3.05) is 26.8 Å². The zero-order valence-electron chi connectivity index (χ0n) is 10.4. The molecule has 98 valence electrons. The van der Waals surface area contributed by atoms with Crippen molar-refractivity contribution >= 4 is 11.6 Å². The number of ether oxygens (including phenoxy) is 1. The van der Waals surface area contributed by atoms with Gasteiger partial charge in [-0.3, -0.25) is 0 Å². The molecule has 1 saturated carbocycles. The first kappa shape index (κ1) is 12.4. The first-order valence-corrected chi connectivity index (χ1v) is 6.69. The molecule has 2 nitrogen and oxygen atoms in total. The second-order valence-corrected chi connectivity index (χ2v) is 5.92. The third-order valence-electron chi connectivity index (χ3n) is 4.55. The lowest BCUT2D eigenvalue weighted by Gasteiger charge is -2.48. The fourth-order valence-electron chi connectivity index (χ4n) is 3.19. The molecule has 18 heavy (non-hydrogen) atoms. The van der Waals surface area contributed by atoms with Gasteiger partial charge in [0.2, 0.25) is 0 Å². The Morgan fingerprint density at radius 2 is 2.11 bits per heavy atom. The fraction of sp³-hybridized carbons (Fsp3) is 0.571. The maximum atomic E-state index is 13.3. The van der Waals surface area contributed by atoms with Crippen molar-refractivity contribution in [3.63, 3.8) is 0 Å². The molecule has 4 heteroatoms. The summed E-state index contributed by atoms with van der Waals surface area (Å²) in [4.78, 5) is 0. The fourth-order valence-corrected chi connectivity index (χ4v) is 3.37. The minimum atomic E-state index is -0.353. The third-order valence-corrected chi connectivity index (χ3v) is 4.84. The van der Waals surface area contributed by atoms with E-state index in [2.05, 4.69) is 5.32 Å². The van der Waals surface area contributed by atoms with Crippen LogP contribution in [0, 0.1) is 11.2 Å². The van der Waals surface area contributed by atoms with Gasteiger partial charge in [-0.25, -0.2) is 4.39 Å². The van der Waals surface area contributed by atoms with E-state index in [0.717, 1.165) is 25.3 Å². The first-order chi connectivity index (χ1) is 8.63. The zero-order chi connectivity index (χ0) is 12.8. The average molecular weight is 270 g/mol. The van der Waals surface area contributed by atoms with Gasteiger partial charge in [0.1, 0.15) is 5.82 Å². The molecule has 1 aromatic carbocycles. The van der Waals surface area contributed by atoms with Crippen LogP contribution >= 0.6 is 11.6 Å². The van der Waals surface area contributed by atoms with Gasteiger partial charge in [0.05, 0.1) is 18.2 Å². The molecular weight excluding hydrogens is 253 g/mol. The van der Waals surface area contributed by atoms with Gasteiger partial charge >= 0.3 is 0 Å². The monoisotopic (exact) mass is 269 g/mol. The highest BCUT2D eigenvalue weighted by Gasteiger charge is 2.63. The molecule has 0 atom stereocenters. The van der Waals surface area contributed by atoms with Crippen LogP contribution in [0.5, 0.6) is 0 Å². The second kappa shape index (κ2) is 4.19. The number of nitrogens with one attached hydrogen (secondary N) is 1. The molecule has 0 amide bonds. The molecule has 0 bridgehead atoms.